The van der Waals surface area contributed by atoms with Crippen LogP contribution in [0.4, 0.5) is 0 Å². The average molecular weight is 473 g/mol. The Morgan fingerprint density at radius 1 is 1.03 bits per heavy atom. The van der Waals surface area contributed by atoms with Crippen LogP contribution in [0.25, 0.3) is 0 Å². The van der Waals surface area contributed by atoms with Gasteiger partial charge in [0, 0.05) is 39.1 Å². The molecule has 1 atom stereocenters. The monoisotopic (exact) mass is 472 g/mol. The summed E-state index contributed by atoms with van der Waals surface area (Å²) < 4.78 is 5.84. The minimum absolute atomic E-state index is 0. The zero-order valence-electron chi connectivity index (χ0n) is 16.9. The molecule has 2 fully saturated rings. The summed E-state index contributed by atoms with van der Waals surface area (Å²) in [4.78, 5) is 52.6. The lowest BCUT2D eigenvalue weighted by molar-refractivity contribution is -0.136. The van der Waals surface area contributed by atoms with E-state index in [0.717, 1.165) is 44.0 Å². The highest BCUT2D eigenvalue weighted by Gasteiger charge is 2.45. The van der Waals surface area contributed by atoms with Crippen molar-refractivity contribution in [2.45, 2.75) is 25.3 Å². The molecule has 1 aromatic carbocycles. The molecule has 2 saturated heterocycles. The first-order valence-corrected chi connectivity index (χ1v) is 9.96. The van der Waals surface area contributed by atoms with E-state index in [2.05, 4.69) is 15.5 Å². The van der Waals surface area contributed by atoms with Gasteiger partial charge in [-0.2, -0.15) is 0 Å². The molecule has 1 aromatic rings. The third-order valence-electron chi connectivity index (χ3n) is 5.52. The summed E-state index contributed by atoms with van der Waals surface area (Å²) in [6.45, 7) is 5.33. The largest absolute Gasteiger partial charge is 0.493 e. The van der Waals surface area contributed by atoms with Crippen LogP contribution in [0.15, 0.2) is 18.2 Å². The number of nitrogens with zero attached hydrogens (tertiary/aromatic N) is 2. The molecule has 0 bridgehead atoms. The van der Waals surface area contributed by atoms with Crippen molar-refractivity contribution >= 4 is 48.4 Å². The number of piperidine rings is 1. The van der Waals surface area contributed by atoms with Crippen molar-refractivity contribution in [3.63, 3.8) is 0 Å². The number of carbonyl (C=O) groups excluding carboxylic acids is 4. The lowest BCUT2D eigenvalue weighted by Gasteiger charge is -2.27. The SMILES string of the molecule is Cl.Cl.O=C1CCC(N2C(=O)c3cccc(OCCCN4CCNCC4)c3C2=O)C(=O)N1. The number of halogens is 2. The third kappa shape index (κ3) is 5.17. The van der Waals surface area contributed by atoms with E-state index in [0.29, 0.717) is 12.4 Å². The Morgan fingerprint density at radius 2 is 1.77 bits per heavy atom. The molecule has 0 spiro atoms. The summed E-state index contributed by atoms with van der Waals surface area (Å²) in [6.07, 6.45) is 1.04. The molecule has 0 aliphatic carbocycles. The fraction of sp³-hybridized carbons (Fsp3) is 0.500. The second kappa shape index (κ2) is 10.9. The minimum Gasteiger partial charge on any atom is -0.493 e. The van der Waals surface area contributed by atoms with Gasteiger partial charge in [-0.15, -0.1) is 24.8 Å². The number of nitrogens with one attached hydrogen (secondary N) is 2. The zero-order chi connectivity index (χ0) is 20.4. The standard InChI is InChI=1S/C20H24N4O5.2ClH/c25-16-6-5-14(18(26)22-16)24-19(27)13-3-1-4-15(17(13)20(24)28)29-12-2-9-23-10-7-21-8-11-23;;/h1,3-4,14,21H,2,5-12H2,(H,22,25,26);2*1H. The van der Waals surface area contributed by atoms with Crippen LogP contribution < -0.4 is 15.4 Å². The van der Waals surface area contributed by atoms with Crippen molar-refractivity contribution in [2.24, 2.45) is 0 Å². The number of imide groups is 2. The van der Waals surface area contributed by atoms with Crippen LogP contribution in [-0.4, -0.2) is 78.8 Å². The maximum atomic E-state index is 13.0. The Kier molecular flexibility index (Phi) is 8.81. The van der Waals surface area contributed by atoms with E-state index in [4.69, 9.17) is 4.74 Å². The summed E-state index contributed by atoms with van der Waals surface area (Å²) in [6, 6.07) is 3.93. The second-order valence-electron chi connectivity index (χ2n) is 7.42. The third-order valence-corrected chi connectivity index (χ3v) is 5.52. The van der Waals surface area contributed by atoms with Gasteiger partial charge in [-0.25, -0.2) is 0 Å². The van der Waals surface area contributed by atoms with Gasteiger partial charge in [-0.05, 0) is 25.0 Å². The molecule has 31 heavy (non-hydrogen) atoms. The minimum atomic E-state index is -0.972. The molecule has 9 nitrogen and oxygen atoms in total. The van der Waals surface area contributed by atoms with Crippen molar-refractivity contribution in [1.82, 2.24) is 20.4 Å². The normalized spacial score (nSPS) is 21.2. The quantitative estimate of drug-likeness (QED) is 0.461. The lowest BCUT2D eigenvalue weighted by atomic mass is 10.0. The molecule has 4 rings (SSSR count). The van der Waals surface area contributed by atoms with Gasteiger partial charge < -0.3 is 15.0 Å². The molecule has 0 radical (unpaired) electrons. The topological polar surface area (TPSA) is 108 Å². The van der Waals surface area contributed by atoms with Crippen molar-refractivity contribution in [2.75, 3.05) is 39.3 Å². The number of benzene rings is 1. The molecule has 3 aliphatic rings. The molecule has 1 unspecified atom stereocenters. The Labute approximate surface area is 192 Å². The first kappa shape index (κ1) is 25.1. The van der Waals surface area contributed by atoms with Crippen molar-refractivity contribution in [1.29, 1.82) is 0 Å². The van der Waals surface area contributed by atoms with Gasteiger partial charge in [-0.1, -0.05) is 6.07 Å². The van der Waals surface area contributed by atoms with Crippen LogP contribution in [0.5, 0.6) is 5.75 Å². The van der Waals surface area contributed by atoms with E-state index in [1.165, 1.54) is 0 Å². The fourth-order valence-corrected chi connectivity index (χ4v) is 4.01. The highest BCUT2D eigenvalue weighted by atomic mass is 35.5. The maximum absolute atomic E-state index is 13.0. The number of hydrogen-bond donors (Lipinski definition) is 2. The van der Waals surface area contributed by atoms with Gasteiger partial charge in [-0.3, -0.25) is 29.4 Å². The van der Waals surface area contributed by atoms with Crippen molar-refractivity contribution < 1.29 is 23.9 Å². The van der Waals surface area contributed by atoms with Crippen LogP contribution >= 0.6 is 24.8 Å². The van der Waals surface area contributed by atoms with Gasteiger partial charge in [0.15, 0.2) is 0 Å². The average Bonchev–Trinajstić information content (AvgIpc) is 2.98. The van der Waals surface area contributed by atoms with Gasteiger partial charge in [0.05, 0.1) is 17.7 Å². The molecule has 4 amide bonds. The number of ether oxygens (including phenoxy) is 1. The van der Waals surface area contributed by atoms with E-state index in [1.54, 1.807) is 18.2 Å². The number of fused-ring (bicyclic) bond motifs is 1. The van der Waals surface area contributed by atoms with E-state index >= 15 is 0 Å². The van der Waals surface area contributed by atoms with Crippen molar-refractivity contribution in [3.8, 4) is 5.75 Å². The van der Waals surface area contributed by atoms with Crippen LogP contribution in [0.1, 0.15) is 40.0 Å². The first-order valence-electron chi connectivity index (χ1n) is 9.96. The molecule has 0 saturated carbocycles. The second-order valence-corrected chi connectivity index (χ2v) is 7.42. The Hall–Kier alpha value is -2.20. The van der Waals surface area contributed by atoms with Gasteiger partial charge >= 0.3 is 0 Å². The number of rotatable bonds is 6. The van der Waals surface area contributed by atoms with Gasteiger partial charge in [0.2, 0.25) is 11.8 Å². The van der Waals surface area contributed by atoms with Crippen LogP contribution in [0, 0.1) is 0 Å². The maximum Gasteiger partial charge on any atom is 0.266 e. The predicted molar refractivity (Wildman–Crippen MR) is 117 cm³/mol. The van der Waals surface area contributed by atoms with Gasteiger partial charge in [0.1, 0.15) is 11.8 Å². The summed E-state index contributed by atoms with van der Waals surface area (Å²) in [7, 11) is 0. The van der Waals surface area contributed by atoms with Crippen molar-refractivity contribution in [3.05, 3.63) is 29.3 Å². The van der Waals surface area contributed by atoms with Crippen LogP contribution in [0.3, 0.4) is 0 Å². The Balaban J connectivity index is 0.00000171. The number of hydrogen-bond acceptors (Lipinski definition) is 7. The fourth-order valence-electron chi connectivity index (χ4n) is 4.01. The molecule has 11 heteroatoms. The first-order chi connectivity index (χ1) is 14.1. The lowest BCUT2D eigenvalue weighted by Crippen LogP contribution is -2.54. The Bertz CT molecular complexity index is 860. The summed E-state index contributed by atoms with van der Waals surface area (Å²) in [5.41, 5.74) is 0.434. The summed E-state index contributed by atoms with van der Waals surface area (Å²) >= 11 is 0. The van der Waals surface area contributed by atoms with Crippen LogP contribution in [-0.2, 0) is 9.59 Å². The highest BCUT2D eigenvalue weighted by molar-refractivity contribution is 6.24. The van der Waals surface area contributed by atoms with E-state index in [-0.39, 0.29) is 48.8 Å². The Morgan fingerprint density at radius 3 is 2.48 bits per heavy atom. The van der Waals surface area contributed by atoms with Gasteiger partial charge in [0.25, 0.3) is 11.8 Å². The molecule has 2 N–H and O–H groups in total. The number of amides is 4. The molecular weight excluding hydrogens is 447 g/mol. The number of carbonyl (C=O) groups is 4. The van der Waals surface area contributed by atoms with E-state index in [9.17, 15) is 19.2 Å². The van der Waals surface area contributed by atoms with Crippen LogP contribution in [0.2, 0.25) is 0 Å². The molecule has 0 aromatic heterocycles. The highest BCUT2D eigenvalue weighted by Crippen LogP contribution is 2.33. The predicted octanol–water partition coefficient (Wildman–Crippen LogP) is 0.606. The molecule has 3 aliphatic heterocycles. The molecule has 170 valence electrons. The van der Waals surface area contributed by atoms with E-state index in [1.807, 2.05) is 0 Å². The molecule has 3 heterocycles. The van der Waals surface area contributed by atoms with E-state index < -0.39 is 29.7 Å². The molecular formula is C20H26Cl2N4O5. The zero-order valence-corrected chi connectivity index (χ0v) is 18.6. The smallest absolute Gasteiger partial charge is 0.266 e. The number of piperazine rings is 1. The summed E-state index contributed by atoms with van der Waals surface area (Å²) in [5, 5.41) is 5.51. The summed E-state index contributed by atoms with van der Waals surface area (Å²) in [5.74, 6) is -1.72.